The van der Waals surface area contributed by atoms with Crippen LogP contribution in [0.1, 0.15) is 115 Å². The van der Waals surface area contributed by atoms with E-state index in [1.54, 1.807) is 18.2 Å². The summed E-state index contributed by atoms with van der Waals surface area (Å²) in [6, 6.07) is 12.9. The average molecular weight is 1280 g/mol. The number of amides is 4. The number of aliphatic imine (C=N–C) groups is 4. The van der Waals surface area contributed by atoms with Crippen molar-refractivity contribution in [3.63, 3.8) is 0 Å². The smallest absolute Gasteiger partial charge is 0.341 e. The van der Waals surface area contributed by atoms with Gasteiger partial charge in [0.1, 0.15) is 23.0 Å². The number of aliphatic carboxylic acids is 1. The molecule has 0 spiro atoms. The lowest BCUT2D eigenvalue weighted by molar-refractivity contribution is -0.139. The zero-order valence-electron chi connectivity index (χ0n) is 51.6. The molecule has 0 aromatic heterocycles. The number of carboxylic acids is 1. The number of nitrogens with two attached hydrogens (primary N) is 10. The number of carbonyl (C=O) groups excluding carboxylic acids is 8. The summed E-state index contributed by atoms with van der Waals surface area (Å²) in [5, 5.41) is 17.8. The number of guanidine groups is 4. The number of methoxy groups -OCH3 is 3. The van der Waals surface area contributed by atoms with E-state index in [1.807, 2.05) is 0 Å². The maximum atomic E-state index is 14.5. The predicted molar refractivity (Wildman–Crippen MR) is 343 cm³/mol. The number of carbonyl (C=O) groups is 9. The van der Waals surface area contributed by atoms with Gasteiger partial charge in [0, 0.05) is 51.9 Å². The standard InChI is InChI=1S/C61H83N17O14/c1-89-49-16-12-33(24-37(49)54(63)85)29-46(80)44(11-7-23-75-61(70)71)78-57(88)40-27-36(15-19-52(40)92-32-53(83)84)31-48(82)43(10-6-22-74-60(68)69)77-56(87)39-26-35(14-18-51(39)91-3)30-47(81)42(9-5-21-73-59(66)67)76-55(86)38-25-34(13-17-50(38)90-2)28-45(79)41(62)8-4-20-72-58(64)65/h12-19,24-27,41-44H,4-11,20-23,28-32,62H2,1-3H3,(H2,63,85)(H,76,86)(H,77,87)(H,78,88)(H,83,84)(H4,64,65,72)(H4,66,67,73)(H4,68,69,74)(H4,70,71,75)/t41-,42-,43-,44-/m1/s1. The highest BCUT2D eigenvalue weighted by atomic mass is 16.5. The van der Waals surface area contributed by atoms with Crippen LogP contribution in [0.3, 0.4) is 0 Å². The zero-order chi connectivity index (χ0) is 68.0. The van der Waals surface area contributed by atoms with Crippen LogP contribution >= 0.6 is 0 Å². The number of benzene rings is 4. The summed E-state index contributed by atoms with van der Waals surface area (Å²) in [6.45, 7) is -0.343. The molecule has 0 unspecified atom stereocenters. The lowest BCUT2D eigenvalue weighted by Gasteiger charge is -2.21. The Morgan fingerprint density at radius 1 is 0.413 bits per heavy atom. The number of hydrogen-bond acceptors (Lipinski definition) is 18. The van der Waals surface area contributed by atoms with E-state index in [1.165, 1.54) is 75.9 Å². The molecule has 31 nitrogen and oxygen atoms in total. The number of ether oxygens (including phenoxy) is 4. The minimum atomic E-state index is -1.38. The van der Waals surface area contributed by atoms with Gasteiger partial charge in [0.15, 0.2) is 53.6 Å². The van der Waals surface area contributed by atoms with E-state index in [0.29, 0.717) is 29.5 Å². The fourth-order valence-electron chi connectivity index (χ4n) is 9.42. The van der Waals surface area contributed by atoms with Gasteiger partial charge in [-0.25, -0.2) is 4.79 Å². The molecule has 0 radical (unpaired) electrons. The van der Waals surface area contributed by atoms with Crippen LogP contribution in [0.2, 0.25) is 0 Å². The van der Waals surface area contributed by atoms with Crippen LogP contribution in [0.25, 0.3) is 0 Å². The zero-order valence-corrected chi connectivity index (χ0v) is 51.6. The quantitative estimate of drug-likeness (QED) is 0.0139. The van der Waals surface area contributed by atoms with Crippen LogP contribution in [0.5, 0.6) is 23.0 Å². The second-order valence-electron chi connectivity index (χ2n) is 21.0. The number of nitrogens with zero attached hydrogens (tertiary/aromatic N) is 4. The van der Waals surface area contributed by atoms with Crippen molar-refractivity contribution in [2.45, 2.75) is 101 Å². The number of nitrogens with one attached hydrogen (secondary N) is 3. The van der Waals surface area contributed by atoms with Crippen molar-refractivity contribution in [1.82, 2.24) is 16.0 Å². The number of ketones is 4. The molecule has 24 N–H and O–H groups in total. The fraction of sp³-hybridized carbons (Fsp3) is 0.393. The Kier molecular flexibility index (Phi) is 29.8. The summed E-state index contributed by atoms with van der Waals surface area (Å²) in [6.07, 6.45) is 0.272. The monoisotopic (exact) mass is 1280 g/mol. The predicted octanol–water partition coefficient (Wildman–Crippen LogP) is -1.34. The van der Waals surface area contributed by atoms with Gasteiger partial charge in [0.25, 0.3) is 23.6 Å². The molecule has 4 amide bonds. The first kappa shape index (κ1) is 73.6. The third-order valence-electron chi connectivity index (χ3n) is 14.0. The maximum Gasteiger partial charge on any atom is 0.341 e. The Hall–Kier alpha value is -10.9. The summed E-state index contributed by atoms with van der Waals surface area (Å²) in [7, 11) is 4.01. The van der Waals surface area contributed by atoms with Gasteiger partial charge < -0.3 is 97.3 Å². The molecule has 0 bridgehead atoms. The van der Waals surface area contributed by atoms with Gasteiger partial charge in [0.2, 0.25) is 0 Å². The van der Waals surface area contributed by atoms with Gasteiger partial charge in [-0.05, 0) is 122 Å². The van der Waals surface area contributed by atoms with Crippen molar-refractivity contribution in [1.29, 1.82) is 0 Å². The Labute approximate surface area is 530 Å². The largest absolute Gasteiger partial charge is 0.496 e. The van der Waals surface area contributed by atoms with Crippen molar-refractivity contribution >= 4 is 76.6 Å². The summed E-state index contributed by atoms with van der Waals surface area (Å²) >= 11 is 0. The molecule has 0 saturated carbocycles. The van der Waals surface area contributed by atoms with Crippen LogP contribution in [0.4, 0.5) is 0 Å². The van der Waals surface area contributed by atoms with Gasteiger partial charge in [-0.2, -0.15) is 0 Å². The van der Waals surface area contributed by atoms with E-state index in [9.17, 15) is 48.3 Å². The first-order chi connectivity index (χ1) is 43.7. The molecule has 0 fully saturated rings. The van der Waals surface area contributed by atoms with E-state index in [4.69, 9.17) is 76.3 Å². The molecule has 4 aromatic rings. The molecule has 4 atom stereocenters. The summed E-state index contributed by atoms with van der Waals surface area (Å²) in [5.74, 6) is -6.98. The Morgan fingerprint density at radius 3 is 1.00 bits per heavy atom. The third-order valence-corrected chi connectivity index (χ3v) is 14.0. The molecule has 4 rings (SSSR count). The van der Waals surface area contributed by atoms with E-state index in [2.05, 4.69) is 35.9 Å². The van der Waals surface area contributed by atoms with Crippen molar-refractivity contribution in [3.05, 3.63) is 117 Å². The van der Waals surface area contributed by atoms with E-state index in [-0.39, 0.29) is 164 Å². The SMILES string of the molecule is COc1ccc(CC(=O)[C@@H](CCCN=C(N)N)NC(=O)c2cc(CC(=O)[C@@H](CCCN=C(N)N)NC(=O)c3cc(CC(=O)[C@@H](CCCN=C(N)N)NC(=O)c4cc(CC(=O)[C@H](N)CCCN=C(N)N)ccc4OC)ccc3OC)ccc2OCC(=O)O)cc1C(N)=O. The Balaban J connectivity index is 1.64. The van der Waals surface area contributed by atoms with Gasteiger partial charge in [-0.15, -0.1) is 0 Å². The van der Waals surface area contributed by atoms with Crippen LogP contribution in [-0.4, -0.2) is 160 Å². The molecule has 0 aliphatic heterocycles. The minimum Gasteiger partial charge on any atom is -0.496 e. The summed E-state index contributed by atoms with van der Waals surface area (Å²) in [5.41, 5.74) is 56.8. The van der Waals surface area contributed by atoms with Crippen molar-refractivity contribution in [2.24, 2.45) is 77.3 Å². The molecule has 0 heterocycles. The number of primary amides is 1. The fourth-order valence-corrected chi connectivity index (χ4v) is 9.42. The molecular formula is C61H83N17O14. The van der Waals surface area contributed by atoms with E-state index in [0.717, 1.165) is 0 Å². The number of carboxylic acid groups (broad SMARTS) is 1. The minimum absolute atomic E-state index is 0.0103. The van der Waals surface area contributed by atoms with Gasteiger partial charge in [-0.3, -0.25) is 58.3 Å². The molecule has 0 aliphatic carbocycles. The lowest BCUT2D eigenvalue weighted by Crippen LogP contribution is -2.42. The second-order valence-corrected chi connectivity index (χ2v) is 21.0. The number of hydrogen-bond donors (Lipinski definition) is 14. The van der Waals surface area contributed by atoms with Crippen molar-refractivity contribution in [3.8, 4) is 23.0 Å². The van der Waals surface area contributed by atoms with Crippen molar-refractivity contribution < 1.29 is 67.2 Å². The highest BCUT2D eigenvalue weighted by molar-refractivity contribution is 6.04. The summed E-state index contributed by atoms with van der Waals surface area (Å²) in [4.78, 5) is 139. The highest BCUT2D eigenvalue weighted by Gasteiger charge is 2.29. The van der Waals surface area contributed by atoms with Crippen LogP contribution in [0, 0.1) is 0 Å². The van der Waals surface area contributed by atoms with Crippen LogP contribution in [0.15, 0.2) is 92.8 Å². The lowest BCUT2D eigenvalue weighted by atomic mass is 9.96. The first-order valence-corrected chi connectivity index (χ1v) is 29.0. The van der Waals surface area contributed by atoms with E-state index >= 15 is 0 Å². The second kappa shape index (κ2) is 37.2. The molecule has 4 aromatic carbocycles. The Bertz CT molecular complexity index is 3410. The summed E-state index contributed by atoms with van der Waals surface area (Å²) < 4.78 is 21.8. The van der Waals surface area contributed by atoms with Crippen LogP contribution < -0.4 is 92.2 Å². The van der Waals surface area contributed by atoms with Crippen molar-refractivity contribution in [2.75, 3.05) is 54.1 Å². The van der Waals surface area contributed by atoms with Gasteiger partial charge >= 0.3 is 5.97 Å². The molecule has 0 saturated heterocycles. The average Bonchev–Trinajstić information content (AvgIpc) is 1.01. The number of rotatable bonds is 41. The molecular weight excluding hydrogens is 1190 g/mol. The molecule has 0 aliphatic rings. The maximum absolute atomic E-state index is 14.5. The van der Waals surface area contributed by atoms with Crippen LogP contribution in [-0.2, 0) is 49.7 Å². The van der Waals surface area contributed by atoms with Gasteiger partial charge in [0.05, 0.1) is 67.8 Å². The van der Waals surface area contributed by atoms with Gasteiger partial charge in [-0.1, -0.05) is 24.3 Å². The highest BCUT2D eigenvalue weighted by Crippen LogP contribution is 2.27. The molecule has 92 heavy (non-hydrogen) atoms. The molecule has 496 valence electrons. The Morgan fingerprint density at radius 2 is 0.696 bits per heavy atom. The topological polar surface area (TPSA) is 557 Å². The number of Topliss-reactive ketones (excluding diaryl/α,β-unsaturated/α-hetero) is 4. The first-order valence-electron chi connectivity index (χ1n) is 29.0. The van der Waals surface area contributed by atoms with E-state index < -0.39 is 84.1 Å². The molecule has 31 heteroatoms. The normalized spacial score (nSPS) is 12.0. The third kappa shape index (κ3) is 24.6.